The highest BCUT2D eigenvalue weighted by atomic mass is 16.5. The monoisotopic (exact) mass is 358 g/mol. The van der Waals surface area contributed by atoms with Crippen LogP contribution in [0.2, 0.25) is 0 Å². The van der Waals surface area contributed by atoms with Gasteiger partial charge in [-0.05, 0) is 43.4 Å². The van der Waals surface area contributed by atoms with E-state index < -0.39 is 11.8 Å². The van der Waals surface area contributed by atoms with Gasteiger partial charge in [0.15, 0.2) is 12.2 Å². The maximum atomic E-state index is 11.9. The van der Waals surface area contributed by atoms with Crippen molar-refractivity contribution >= 4 is 6.09 Å². The summed E-state index contributed by atoms with van der Waals surface area (Å²) in [5.41, 5.74) is 2.78. The summed E-state index contributed by atoms with van der Waals surface area (Å²) in [6, 6.07) is 5.68. The topological polar surface area (TPSA) is 75.8 Å². The zero-order chi connectivity index (χ0) is 19.3. The second-order valence-corrected chi connectivity index (χ2v) is 8.25. The molecule has 6 heteroatoms. The molecule has 0 spiro atoms. The summed E-state index contributed by atoms with van der Waals surface area (Å²) in [4.78, 5) is 17.4. The first-order valence-electron chi connectivity index (χ1n) is 8.73. The SMILES string of the molecule is Cc1ncoc1-c1ccc([C@@H]2COC(C)(C)N2C(=O)O)c(C(C)(C)C)c1. The minimum atomic E-state index is -0.979. The maximum Gasteiger partial charge on any atom is 0.410 e. The molecule has 1 aromatic carbocycles. The van der Waals surface area contributed by atoms with Crippen molar-refractivity contribution in [2.75, 3.05) is 6.61 Å². The smallest absolute Gasteiger partial charge is 0.410 e. The van der Waals surface area contributed by atoms with Crippen LogP contribution >= 0.6 is 0 Å². The lowest BCUT2D eigenvalue weighted by Gasteiger charge is -2.33. The molecular weight excluding hydrogens is 332 g/mol. The summed E-state index contributed by atoms with van der Waals surface area (Å²) in [6.07, 6.45) is 0.460. The van der Waals surface area contributed by atoms with E-state index in [1.54, 1.807) is 13.8 Å². The van der Waals surface area contributed by atoms with Crippen molar-refractivity contribution < 1.29 is 19.1 Å². The van der Waals surface area contributed by atoms with Crippen LogP contribution in [0.25, 0.3) is 11.3 Å². The van der Waals surface area contributed by atoms with Crippen molar-refractivity contribution in [3.8, 4) is 11.3 Å². The molecule has 26 heavy (non-hydrogen) atoms. The highest BCUT2D eigenvalue weighted by Gasteiger charge is 2.45. The fourth-order valence-electron chi connectivity index (χ4n) is 3.61. The lowest BCUT2D eigenvalue weighted by molar-refractivity contribution is -0.0421. The quantitative estimate of drug-likeness (QED) is 0.839. The van der Waals surface area contributed by atoms with Gasteiger partial charge in [0.2, 0.25) is 0 Å². The third kappa shape index (κ3) is 3.09. The van der Waals surface area contributed by atoms with Gasteiger partial charge in [-0.25, -0.2) is 9.78 Å². The number of amides is 1. The summed E-state index contributed by atoms with van der Waals surface area (Å²) in [7, 11) is 0. The molecule has 1 fully saturated rings. The van der Waals surface area contributed by atoms with Gasteiger partial charge >= 0.3 is 6.09 Å². The Balaban J connectivity index is 2.13. The van der Waals surface area contributed by atoms with E-state index in [0.29, 0.717) is 6.61 Å². The van der Waals surface area contributed by atoms with E-state index in [0.717, 1.165) is 28.1 Å². The second-order valence-electron chi connectivity index (χ2n) is 8.25. The van der Waals surface area contributed by atoms with Crippen LogP contribution in [0.15, 0.2) is 29.0 Å². The van der Waals surface area contributed by atoms with E-state index in [4.69, 9.17) is 9.15 Å². The Labute approximate surface area is 153 Å². The molecular formula is C20H26N2O4. The highest BCUT2D eigenvalue weighted by molar-refractivity contribution is 5.68. The van der Waals surface area contributed by atoms with E-state index in [2.05, 4.69) is 31.8 Å². The van der Waals surface area contributed by atoms with Crippen LogP contribution in [0, 0.1) is 6.92 Å². The molecule has 2 aromatic rings. The van der Waals surface area contributed by atoms with Crippen LogP contribution in [0.1, 0.15) is 57.5 Å². The van der Waals surface area contributed by atoms with Crippen LogP contribution in [0.3, 0.4) is 0 Å². The van der Waals surface area contributed by atoms with Crippen LogP contribution in [0.4, 0.5) is 4.79 Å². The second kappa shape index (κ2) is 6.13. The summed E-state index contributed by atoms with van der Waals surface area (Å²) in [5, 5.41) is 9.74. The molecule has 140 valence electrons. The van der Waals surface area contributed by atoms with Gasteiger partial charge in [-0.2, -0.15) is 0 Å². The molecule has 1 aliphatic rings. The predicted molar refractivity (Wildman–Crippen MR) is 98.0 cm³/mol. The molecule has 0 aliphatic carbocycles. The van der Waals surface area contributed by atoms with E-state index in [9.17, 15) is 9.90 Å². The molecule has 1 aromatic heterocycles. The van der Waals surface area contributed by atoms with Crippen molar-refractivity contribution in [2.24, 2.45) is 0 Å². The van der Waals surface area contributed by atoms with Gasteiger partial charge in [0.25, 0.3) is 0 Å². The molecule has 1 saturated heterocycles. The maximum absolute atomic E-state index is 11.9. The minimum absolute atomic E-state index is 0.170. The molecule has 0 saturated carbocycles. The highest BCUT2D eigenvalue weighted by Crippen LogP contribution is 2.42. The first-order chi connectivity index (χ1) is 12.0. The molecule has 0 bridgehead atoms. The first kappa shape index (κ1) is 18.5. The Kier molecular flexibility index (Phi) is 4.35. The molecule has 1 aliphatic heterocycles. The Hall–Kier alpha value is -2.34. The van der Waals surface area contributed by atoms with E-state index >= 15 is 0 Å². The molecule has 1 atom stereocenters. The Morgan fingerprint density at radius 2 is 2.04 bits per heavy atom. The molecule has 2 heterocycles. The number of carboxylic acid groups (broad SMARTS) is 1. The van der Waals surface area contributed by atoms with Gasteiger partial charge in [-0.15, -0.1) is 0 Å². The summed E-state index contributed by atoms with van der Waals surface area (Å²) < 4.78 is 11.3. The fraction of sp³-hybridized carbons (Fsp3) is 0.500. The van der Waals surface area contributed by atoms with Gasteiger partial charge in [-0.3, -0.25) is 4.90 Å². The van der Waals surface area contributed by atoms with E-state index in [1.165, 1.54) is 11.3 Å². The Bertz CT molecular complexity index is 833. The van der Waals surface area contributed by atoms with Gasteiger partial charge in [-0.1, -0.05) is 32.9 Å². The van der Waals surface area contributed by atoms with Crippen molar-refractivity contribution in [1.29, 1.82) is 0 Å². The fourth-order valence-corrected chi connectivity index (χ4v) is 3.61. The number of aryl methyl sites for hydroxylation is 1. The van der Waals surface area contributed by atoms with E-state index in [1.807, 2.05) is 19.1 Å². The molecule has 0 radical (unpaired) electrons. The number of rotatable bonds is 2. The first-order valence-corrected chi connectivity index (χ1v) is 8.73. The summed E-state index contributed by atoms with van der Waals surface area (Å²) >= 11 is 0. The van der Waals surface area contributed by atoms with E-state index in [-0.39, 0.29) is 11.5 Å². The van der Waals surface area contributed by atoms with Gasteiger partial charge < -0.3 is 14.3 Å². The predicted octanol–water partition coefficient (Wildman–Crippen LogP) is 4.73. The summed E-state index contributed by atoms with van der Waals surface area (Å²) in [5.74, 6) is 0.736. The normalized spacial score (nSPS) is 19.8. The molecule has 1 N–H and O–H groups in total. The molecule has 1 amide bonds. The average Bonchev–Trinajstić information content (AvgIpc) is 3.08. The van der Waals surface area contributed by atoms with Gasteiger partial charge in [0, 0.05) is 5.56 Å². The third-order valence-electron chi connectivity index (χ3n) is 4.92. The van der Waals surface area contributed by atoms with Crippen molar-refractivity contribution in [2.45, 2.75) is 58.7 Å². The standard InChI is InChI=1S/C20H26N2O4/c1-12-17(25-11-21-12)13-7-8-14(15(9-13)19(2,3)4)16-10-26-20(5,6)22(16)18(23)24/h7-9,11,16H,10H2,1-6H3,(H,23,24)/t16-/m0/s1. The zero-order valence-electron chi connectivity index (χ0n) is 16.2. The van der Waals surface area contributed by atoms with Crippen LogP contribution in [-0.4, -0.2) is 33.4 Å². The Morgan fingerprint density at radius 3 is 2.58 bits per heavy atom. The molecule has 6 nitrogen and oxygen atoms in total. The number of hydrogen-bond acceptors (Lipinski definition) is 4. The molecule has 0 unspecified atom stereocenters. The number of nitrogens with zero attached hydrogens (tertiary/aromatic N) is 2. The van der Waals surface area contributed by atoms with Crippen LogP contribution in [0.5, 0.6) is 0 Å². The van der Waals surface area contributed by atoms with Gasteiger partial charge in [0.05, 0.1) is 18.3 Å². The van der Waals surface area contributed by atoms with Gasteiger partial charge in [0.1, 0.15) is 5.72 Å². The number of benzene rings is 1. The minimum Gasteiger partial charge on any atom is -0.465 e. The number of ether oxygens (including phenoxy) is 1. The van der Waals surface area contributed by atoms with Crippen molar-refractivity contribution in [1.82, 2.24) is 9.88 Å². The largest absolute Gasteiger partial charge is 0.465 e. The number of aromatic nitrogens is 1. The lowest BCUT2D eigenvalue weighted by Crippen LogP contribution is -2.44. The average molecular weight is 358 g/mol. The zero-order valence-corrected chi connectivity index (χ0v) is 16.2. The number of oxazole rings is 1. The summed E-state index contributed by atoms with van der Waals surface area (Å²) in [6.45, 7) is 12.2. The third-order valence-corrected chi connectivity index (χ3v) is 4.92. The lowest BCUT2D eigenvalue weighted by atomic mass is 9.80. The number of carbonyl (C=O) groups is 1. The van der Waals surface area contributed by atoms with Crippen LogP contribution in [-0.2, 0) is 10.2 Å². The number of hydrogen-bond donors (Lipinski definition) is 1. The molecule has 3 rings (SSSR count). The Morgan fingerprint density at radius 1 is 1.35 bits per heavy atom. The van der Waals surface area contributed by atoms with Crippen LogP contribution < -0.4 is 0 Å². The van der Waals surface area contributed by atoms with Crippen molar-refractivity contribution in [3.05, 3.63) is 41.4 Å². The van der Waals surface area contributed by atoms with Crippen molar-refractivity contribution in [3.63, 3.8) is 0 Å².